The minimum absolute atomic E-state index is 0.00501. The van der Waals surface area contributed by atoms with E-state index in [0.29, 0.717) is 9.90 Å². The van der Waals surface area contributed by atoms with Crippen LogP contribution >= 0.6 is 22.9 Å². The molecule has 0 aliphatic heterocycles. The SMILES string of the molecule is O=C(COC(=O)c1ccccc1NS(=O)(=O)c1ccc(Cl)s1)c1ccccc1. The number of carbonyl (C=O) groups is 2. The average Bonchev–Trinajstić information content (AvgIpc) is 3.14. The Hall–Kier alpha value is -2.68. The van der Waals surface area contributed by atoms with Crippen LogP contribution in [0, 0.1) is 0 Å². The molecule has 28 heavy (non-hydrogen) atoms. The number of rotatable bonds is 7. The summed E-state index contributed by atoms with van der Waals surface area (Å²) in [5.41, 5.74) is 0.456. The van der Waals surface area contributed by atoms with Crippen molar-refractivity contribution >= 4 is 50.4 Å². The van der Waals surface area contributed by atoms with Crippen molar-refractivity contribution in [3.05, 3.63) is 82.2 Å². The average molecular weight is 436 g/mol. The molecule has 3 rings (SSSR count). The molecule has 0 saturated carbocycles. The zero-order valence-corrected chi connectivity index (χ0v) is 16.7. The molecule has 6 nitrogen and oxygen atoms in total. The highest BCUT2D eigenvalue weighted by Gasteiger charge is 2.21. The summed E-state index contributed by atoms with van der Waals surface area (Å²) in [5, 5.41) is 0. The van der Waals surface area contributed by atoms with Crippen LogP contribution in [0.4, 0.5) is 5.69 Å². The topological polar surface area (TPSA) is 89.5 Å². The lowest BCUT2D eigenvalue weighted by atomic mass is 10.1. The predicted octanol–water partition coefficient (Wildman–Crippen LogP) is 4.24. The van der Waals surface area contributed by atoms with E-state index >= 15 is 0 Å². The maximum atomic E-state index is 12.5. The van der Waals surface area contributed by atoms with Gasteiger partial charge in [-0.25, -0.2) is 13.2 Å². The summed E-state index contributed by atoms with van der Waals surface area (Å²) in [6.45, 7) is -0.454. The fourth-order valence-electron chi connectivity index (χ4n) is 2.30. The van der Waals surface area contributed by atoms with Gasteiger partial charge < -0.3 is 4.74 Å². The van der Waals surface area contributed by atoms with E-state index in [0.717, 1.165) is 11.3 Å². The first-order valence-electron chi connectivity index (χ1n) is 7.99. The van der Waals surface area contributed by atoms with Gasteiger partial charge in [0.2, 0.25) is 0 Å². The highest BCUT2D eigenvalue weighted by molar-refractivity contribution is 7.94. The lowest BCUT2D eigenvalue weighted by molar-refractivity contribution is 0.0476. The van der Waals surface area contributed by atoms with Gasteiger partial charge in [-0.05, 0) is 24.3 Å². The molecule has 9 heteroatoms. The molecule has 0 atom stereocenters. The number of benzene rings is 2. The summed E-state index contributed by atoms with van der Waals surface area (Å²) in [6, 6.07) is 17.2. The van der Waals surface area contributed by atoms with Gasteiger partial charge in [0.05, 0.1) is 15.6 Å². The van der Waals surface area contributed by atoms with E-state index in [-0.39, 0.29) is 21.2 Å². The number of ketones is 1. The molecule has 3 aromatic rings. The molecular formula is C19H14ClNO5S2. The van der Waals surface area contributed by atoms with E-state index in [2.05, 4.69) is 4.72 Å². The largest absolute Gasteiger partial charge is 0.454 e. The zero-order valence-electron chi connectivity index (χ0n) is 14.3. The van der Waals surface area contributed by atoms with Gasteiger partial charge in [-0.3, -0.25) is 9.52 Å². The number of para-hydroxylation sites is 1. The molecule has 0 aliphatic rings. The first-order chi connectivity index (χ1) is 13.4. The molecule has 144 valence electrons. The number of halogens is 1. The lowest BCUT2D eigenvalue weighted by Gasteiger charge is -2.11. The molecule has 1 N–H and O–H groups in total. The Balaban J connectivity index is 1.74. The molecule has 0 saturated heterocycles. The van der Waals surface area contributed by atoms with Crippen molar-refractivity contribution < 1.29 is 22.7 Å². The van der Waals surface area contributed by atoms with Gasteiger partial charge in [-0.15, -0.1) is 11.3 Å². The number of ether oxygens (including phenoxy) is 1. The van der Waals surface area contributed by atoms with Gasteiger partial charge in [0.15, 0.2) is 12.4 Å². The van der Waals surface area contributed by atoms with Crippen LogP contribution in [-0.2, 0) is 14.8 Å². The van der Waals surface area contributed by atoms with Crippen molar-refractivity contribution in [3.8, 4) is 0 Å². The fraction of sp³-hybridized carbons (Fsp3) is 0.0526. The number of thiophene rings is 1. The van der Waals surface area contributed by atoms with Crippen molar-refractivity contribution in [2.45, 2.75) is 4.21 Å². The first kappa shape index (κ1) is 20.1. The van der Waals surface area contributed by atoms with Crippen molar-refractivity contribution in [2.75, 3.05) is 11.3 Å². The summed E-state index contributed by atoms with van der Waals surface area (Å²) in [6.07, 6.45) is 0. The van der Waals surface area contributed by atoms with Crippen molar-refractivity contribution in [1.82, 2.24) is 0 Å². The van der Waals surface area contributed by atoms with E-state index in [1.807, 2.05) is 0 Å². The van der Waals surface area contributed by atoms with Crippen molar-refractivity contribution in [3.63, 3.8) is 0 Å². The standard InChI is InChI=1S/C19H14ClNO5S2/c20-17-10-11-18(27-17)28(24,25)21-15-9-5-4-8-14(15)19(23)26-12-16(22)13-6-2-1-3-7-13/h1-11,21H,12H2. The highest BCUT2D eigenvalue weighted by Crippen LogP contribution is 2.28. The molecule has 0 spiro atoms. The van der Waals surface area contributed by atoms with Crippen LogP contribution in [0.3, 0.4) is 0 Å². The molecule has 2 aromatic carbocycles. The van der Waals surface area contributed by atoms with Crippen molar-refractivity contribution in [1.29, 1.82) is 0 Å². The molecule has 0 unspecified atom stereocenters. The minimum Gasteiger partial charge on any atom is -0.454 e. The Kier molecular flexibility index (Phi) is 6.13. The van der Waals surface area contributed by atoms with E-state index in [1.165, 1.54) is 24.3 Å². The molecule has 1 heterocycles. The Morgan fingerprint density at radius 3 is 2.32 bits per heavy atom. The predicted molar refractivity (Wildman–Crippen MR) is 108 cm³/mol. The number of hydrogen-bond acceptors (Lipinski definition) is 6. The molecule has 0 bridgehead atoms. The van der Waals surface area contributed by atoms with Crippen LogP contribution in [-0.4, -0.2) is 26.8 Å². The van der Waals surface area contributed by atoms with Gasteiger partial charge in [0, 0.05) is 5.56 Å². The second-order valence-electron chi connectivity index (χ2n) is 5.57. The summed E-state index contributed by atoms with van der Waals surface area (Å²) < 4.78 is 32.7. The van der Waals surface area contributed by atoms with Crippen LogP contribution in [0.5, 0.6) is 0 Å². The molecule has 0 radical (unpaired) electrons. The quantitative estimate of drug-likeness (QED) is 0.442. The molecule has 0 amide bonds. The third-order valence-corrected chi connectivity index (χ3v) is 6.72. The molecule has 1 aromatic heterocycles. The number of carbonyl (C=O) groups excluding carboxylic acids is 2. The number of nitrogens with one attached hydrogen (secondary N) is 1. The summed E-state index contributed by atoms with van der Waals surface area (Å²) >= 11 is 6.69. The Bertz CT molecular complexity index is 1110. The van der Waals surface area contributed by atoms with Gasteiger partial charge in [-0.1, -0.05) is 54.1 Å². The van der Waals surface area contributed by atoms with Gasteiger partial charge >= 0.3 is 5.97 Å². The zero-order chi connectivity index (χ0) is 20.1. The number of sulfonamides is 1. The third kappa shape index (κ3) is 4.78. The van der Waals surface area contributed by atoms with Gasteiger partial charge in [0.25, 0.3) is 10.0 Å². The number of Topliss-reactive ketones (excluding diaryl/α,β-unsaturated/α-hetero) is 1. The van der Waals surface area contributed by atoms with Crippen LogP contribution in [0.25, 0.3) is 0 Å². The van der Waals surface area contributed by atoms with E-state index in [1.54, 1.807) is 42.5 Å². The molecule has 0 fully saturated rings. The van der Waals surface area contributed by atoms with Crippen LogP contribution in [0.15, 0.2) is 70.9 Å². The normalized spacial score (nSPS) is 11.0. The van der Waals surface area contributed by atoms with E-state index < -0.39 is 22.6 Å². The maximum absolute atomic E-state index is 12.5. The van der Waals surface area contributed by atoms with Crippen LogP contribution < -0.4 is 4.72 Å². The van der Waals surface area contributed by atoms with Gasteiger partial charge in [-0.2, -0.15) is 0 Å². The van der Waals surface area contributed by atoms with Crippen LogP contribution in [0.1, 0.15) is 20.7 Å². The smallest absolute Gasteiger partial charge is 0.340 e. The maximum Gasteiger partial charge on any atom is 0.340 e. The third-order valence-electron chi connectivity index (χ3n) is 3.63. The number of esters is 1. The Labute approximate surface area is 170 Å². The fourth-order valence-corrected chi connectivity index (χ4v) is 4.87. The minimum atomic E-state index is -3.91. The molecular weight excluding hydrogens is 422 g/mol. The second-order valence-corrected chi connectivity index (χ2v) is 9.20. The summed E-state index contributed by atoms with van der Waals surface area (Å²) in [7, 11) is -3.91. The highest BCUT2D eigenvalue weighted by atomic mass is 35.5. The molecule has 0 aliphatic carbocycles. The van der Waals surface area contributed by atoms with Crippen LogP contribution in [0.2, 0.25) is 4.34 Å². The monoisotopic (exact) mass is 435 g/mol. The number of anilines is 1. The Morgan fingerprint density at radius 2 is 1.64 bits per heavy atom. The summed E-state index contributed by atoms with van der Waals surface area (Å²) in [4.78, 5) is 24.5. The van der Waals surface area contributed by atoms with Crippen molar-refractivity contribution in [2.24, 2.45) is 0 Å². The summed E-state index contributed by atoms with van der Waals surface area (Å²) in [5.74, 6) is -1.17. The second kappa shape index (κ2) is 8.55. The van der Waals surface area contributed by atoms with Gasteiger partial charge in [0.1, 0.15) is 4.21 Å². The van der Waals surface area contributed by atoms with E-state index in [4.69, 9.17) is 16.3 Å². The first-order valence-corrected chi connectivity index (χ1v) is 10.7. The lowest BCUT2D eigenvalue weighted by Crippen LogP contribution is -2.18. The Morgan fingerprint density at radius 1 is 0.964 bits per heavy atom. The number of hydrogen-bond donors (Lipinski definition) is 1. The van der Waals surface area contributed by atoms with E-state index in [9.17, 15) is 18.0 Å².